The van der Waals surface area contributed by atoms with Gasteiger partial charge in [-0.1, -0.05) is 0 Å². The van der Waals surface area contributed by atoms with E-state index in [0.29, 0.717) is 23.9 Å². The maximum absolute atomic E-state index is 11.6. The Morgan fingerprint density at radius 3 is 3.19 bits per heavy atom. The van der Waals surface area contributed by atoms with Gasteiger partial charge in [0.25, 0.3) is 0 Å². The van der Waals surface area contributed by atoms with E-state index < -0.39 is 0 Å². The van der Waals surface area contributed by atoms with Crippen LogP contribution < -0.4 is 16.1 Å². The van der Waals surface area contributed by atoms with Crippen LogP contribution in [0.25, 0.3) is 5.57 Å². The van der Waals surface area contributed by atoms with Crippen molar-refractivity contribution in [2.45, 2.75) is 13.3 Å². The summed E-state index contributed by atoms with van der Waals surface area (Å²) in [5, 5.41) is 0.524. The molecule has 84 valence electrons. The van der Waals surface area contributed by atoms with Crippen LogP contribution in [0.3, 0.4) is 0 Å². The Kier molecular flexibility index (Phi) is 2.85. The molecule has 2 heterocycles. The van der Waals surface area contributed by atoms with Gasteiger partial charge in [-0.25, -0.2) is 0 Å². The summed E-state index contributed by atoms with van der Waals surface area (Å²) in [6, 6.07) is 1.44. The number of fused-ring (bicyclic) bond motifs is 1. The molecule has 0 unspecified atom stereocenters. The maximum Gasteiger partial charge on any atom is 0.310 e. The van der Waals surface area contributed by atoms with Crippen molar-refractivity contribution in [2.75, 3.05) is 13.2 Å². The van der Waals surface area contributed by atoms with Crippen molar-refractivity contribution < 1.29 is 9.53 Å². The standard InChI is InChI=1S/C11H12N2O3/c1-2-16-9(15)5-7-6-13-11-10(7)8(14)3-4-12-11/h3-4H,2,5-6H2,1H3,(H,12,13). The Labute approximate surface area is 91.5 Å². The number of H-pyrrole nitrogens is 1. The van der Waals surface area contributed by atoms with Crippen molar-refractivity contribution >= 4 is 11.5 Å². The number of nitrogens with one attached hydrogen (secondary N) is 1. The number of hydrogen-bond acceptors (Lipinski definition) is 4. The highest BCUT2D eigenvalue weighted by Crippen LogP contribution is 2.03. The summed E-state index contributed by atoms with van der Waals surface area (Å²) in [4.78, 5) is 30.0. The number of esters is 1. The number of rotatable bonds is 3. The van der Waals surface area contributed by atoms with Crippen LogP contribution in [0, 0.1) is 0 Å². The fraction of sp³-hybridized carbons (Fsp3) is 0.364. The number of nitrogens with zero attached hydrogens (tertiary/aromatic N) is 1. The highest BCUT2D eigenvalue weighted by molar-refractivity contribution is 5.80. The topological polar surface area (TPSA) is 71.5 Å². The first-order valence-electron chi connectivity index (χ1n) is 5.12. The lowest BCUT2D eigenvalue weighted by molar-refractivity contribution is -0.141. The zero-order valence-electron chi connectivity index (χ0n) is 8.95. The van der Waals surface area contributed by atoms with Crippen molar-refractivity contribution in [3.8, 4) is 0 Å². The van der Waals surface area contributed by atoms with Crippen LogP contribution >= 0.6 is 0 Å². The predicted molar refractivity (Wildman–Crippen MR) is 57.4 cm³/mol. The second kappa shape index (κ2) is 4.30. The van der Waals surface area contributed by atoms with E-state index in [-0.39, 0.29) is 17.8 Å². The van der Waals surface area contributed by atoms with Crippen molar-refractivity contribution in [2.24, 2.45) is 4.99 Å². The summed E-state index contributed by atoms with van der Waals surface area (Å²) in [5.41, 5.74) is 1.19. The Bertz CT molecular complexity index is 586. The molecule has 0 spiro atoms. The molecule has 16 heavy (non-hydrogen) atoms. The van der Waals surface area contributed by atoms with Crippen LogP contribution in [0.1, 0.15) is 13.3 Å². The molecular formula is C11H12N2O3. The van der Waals surface area contributed by atoms with E-state index in [1.54, 1.807) is 13.1 Å². The van der Waals surface area contributed by atoms with Gasteiger partial charge >= 0.3 is 5.97 Å². The minimum Gasteiger partial charge on any atom is -0.466 e. The third kappa shape index (κ3) is 1.88. The monoisotopic (exact) mass is 220 g/mol. The van der Waals surface area contributed by atoms with E-state index >= 15 is 0 Å². The van der Waals surface area contributed by atoms with Gasteiger partial charge in [-0.15, -0.1) is 0 Å². The molecule has 1 aliphatic rings. The van der Waals surface area contributed by atoms with Gasteiger partial charge < -0.3 is 9.72 Å². The second-order valence-corrected chi connectivity index (χ2v) is 3.47. The molecule has 1 N–H and O–H groups in total. The maximum atomic E-state index is 11.6. The van der Waals surface area contributed by atoms with E-state index in [1.807, 2.05) is 0 Å². The summed E-state index contributed by atoms with van der Waals surface area (Å²) in [6.45, 7) is 2.49. The third-order valence-electron chi connectivity index (χ3n) is 2.38. The minimum absolute atomic E-state index is 0.103. The quantitative estimate of drug-likeness (QED) is 0.672. The Morgan fingerprint density at radius 1 is 1.62 bits per heavy atom. The SMILES string of the molecule is CCOC(=O)CC1=c2c(=O)cc[nH]c2=NC1. The molecule has 1 aliphatic heterocycles. The Hall–Kier alpha value is -1.91. The average Bonchev–Trinajstić information content (AvgIpc) is 2.63. The van der Waals surface area contributed by atoms with Crippen LogP contribution in [-0.2, 0) is 9.53 Å². The molecule has 1 aromatic rings. The van der Waals surface area contributed by atoms with Crippen molar-refractivity contribution in [1.82, 2.24) is 4.98 Å². The van der Waals surface area contributed by atoms with Gasteiger partial charge in [0.15, 0.2) is 5.43 Å². The van der Waals surface area contributed by atoms with E-state index in [1.165, 1.54) is 6.07 Å². The first-order valence-corrected chi connectivity index (χ1v) is 5.12. The van der Waals surface area contributed by atoms with Gasteiger partial charge in [0.05, 0.1) is 24.8 Å². The number of aromatic amines is 1. The number of pyridine rings is 1. The summed E-state index contributed by atoms with van der Waals surface area (Å²) >= 11 is 0. The van der Waals surface area contributed by atoms with Gasteiger partial charge in [0.2, 0.25) is 0 Å². The molecule has 0 saturated heterocycles. The fourth-order valence-corrected chi connectivity index (χ4v) is 1.72. The summed E-state index contributed by atoms with van der Waals surface area (Å²) in [5.74, 6) is -0.316. The molecule has 0 aromatic carbocycles. The number of aromatic nitrogens is 1. The highest BCUT2D eigenvalue weighted by Gasteiger charge is 2.13. The molecule has 0 fully saturated rings. The van der Waals surface area contributed by atoms with Crippen molar-refractivity contribution in [3.05, 3.63) is 33.2 Å². The second-order valence-electron chi connectivity index (χ2n) is 3.47. The van der Waals surface area contributed by atoms with Crippen LogP contribution in [0.4, 0.5) is 0 Å². The molecule has 2 rings (SSSR count). The first-order chi connectivity index (χ1) is 7.72. The summed E-state index contributed by atoms with van der Waals surface area (Å²) < 4.78 is 4.85. The number of ether oxygens (including phenoxy) is 1. The lowest BCUT2D eigenvalue weighted by atomic mass is 10.1. The normalized spacial score (nSPS) is 13.2. The molecule has 5 nitrogen and oxygen atoms in total. The molecular weight excluding hydrogens is 208 g/mol. The Balaban J connectivity index is 2.41. The van der Waals surface area contributed by atoms with Gasteiger partial charge in [-0.05, 0) is 12.5 Å². The number of carbonyl (C=O) groups excluding carboxylic acids is 1. The highest BCUT2D eigenvalue weighted by atomic mass is 16.5. The van der Waals surface area contributed by atoms with E-state index in [4.69, 9.17) is 4.74 Å². The number of hydrogen-bond donors (Lipinski definition) is 1. The van der Waals surface area contributed by atoms with Crippen LogP contribution in [0.15, 0.2) is 22.1 Å². The average molecular weight is 220 g/mol. The van der Waals surface area contributed by atoms with E-state index in [9.17, 15) is 9.59 Å². The van der Waals surface area contributed by atoms with Gasteiger partial charge in [0, 0.05) is 12.3 Å². The molecule has 0 atom stereocenters. The van der Waals surface area contributed by atoms with Gasteiger partial charge in [-0.3, -0.25) is 14.6 Å². The third-order valence-corrected chi connectivity index (χ3v) is 2.38. The van der Waals surface area contributed by atoms with Crippen molar-refractivity contribution in [3.63, 3.8) is 0 Å². The lowest BCUT2D eigenvalue weighted by Crippen LogP contribution is -2.39. The molecule has 0 aliphatic carbocycles. The smallest absolute Gasteiger partial charge is 0.310 e. The summed E-state index contributed by atoms with van der Waals surface area (Å²) in [7, 11) is 0. The molecule has 0 amide bonds. The fourth-order valence-electron chi connectivity index (χ4n) is 1.72. The van der Waals surface area contributed by atoms with Crippen LogP contribution in [0.5, 0.6) is 0 Å². The lowest BCUT2D eigenvalue weighted by Gasteiger charge is -2.01. The molecule has 0 radical (unpaired) electrons. The zero-order chi connectivity index (χ0) is 11.5. The number of carbonyl (C=O) groups is 1. The van der Waals surface area contributed by atoms with E-state index in [0.717, 1.165) is 5.57 Å². The van der Waals surface area contributed by atoms with Crippen molar-refractivity contribution in [1.29, 1.82) is 0 Å². The minimum atomic E-state index is -0.316. The largest absolute Gasteiger partial charge is 0.466 e. The molecule has 1 aromatic heterocycles. The predicted octanol–water partition coefficient (Wildman–Crippen LogP) is -0.888. The van der Waals surface area contributed by atoms with Crippen LogP contribution in [-0.4, -0.2) is 24.1 Å². The van der Waals surface area contributed by atoms with Gasteiger partial charge in [0.1, 0.15) is 5.49 Å². The molecule has 0 bridgehead atoms. The first kappa shape index (κ1) is 10.6. The van der Waals surface area contributed by atoms with Crippen LogP contribution in [0.2, 0.25) is 0 Å². The zero-order valence-corrected chi connectivity index (χ0v) is 8.95. The van der Waals surface area contributed by atoms with E-state index in [2.05, 4.69) is 9.98 Å². The van der Waals surface area contributed by atoms with Gasteiger partial charge in [-0.2, -0.15) is 0 Å². The Morgan fingerprint density at radius 2 is 2.44 bits per heavy atom. The molecule has 5 heteroatoms. The molecule has 0 saturated carbocycles. The summed E-state index contributed by atoms with van der Waals surface area (Å²) in [6.07, 6.45) is 1.69.